The highest BCUT2D eigenvalue weighted by Gasteiger charge is 2.24. The largest absolute Gasteiger partial charge is 0.441 e. The summed E-state index contributed by atoms with van der Waals surface area (Å²) in [6.45, 7) is 2.17. The SMILES string of the molecule is CCCCS(=O)(=O)NCC1CCCCc2noc(=O)n21. The quantitative estimate of drug-likeness (QED) is 0.839. The van der Waals surface area contributed by atoms with Crippen LogP contribution in [0.2, 0.25) is 0 Å². The van der Waals surface area contributed by atoms with Crippen LogP contribution in [-0.2, 0) is 16.4 Å². The Kier molecular flexibility index (Phi) is 4.98. The molecule has 2 rings (SSSR count). The molecule has 0 saturated heterocycles. The van der Waals surface area contributed by atoms with Crippen molar-refractivity contribution in [2.75, 3.05) is 12.3 Å². The topological polar surface area (TPSA) is 94.2 Å². The molecule has 0 bridgehead atoms. The summed E-state index contributed by atoms with van der Waals surface area (Å²) in [5, 5.41) is 3.76. The highest BCUT2D eigenvalue weighted by Crippen LogP contribution is 2.20. The number of hydrogen-bond acceptors (Lipinski definition) is 5. The van der Waals surface area contributed by atoms with Crippen molar-refractivity contribution in [3.05, 3.63) is 16.4 Å². The van der Waals surface area contributed by atoms with Gasteiger partial charge in [-0.25, -0.2) is 17.9 Å². The van der Waals surface area contributed by atoms with Crippen LogP contribution in [0.4, 0.5) is 0 Å². The van der Waals surface area contributed by atoms with Crippen molar-refractivity contribution in [2.45, 2.75) is 51.5 Å². The maximum absolute atomic E-state index is 11.8. The van der Waals surface area contributed by atoms with E-state index in [1.54, 1.807) is 0 Å². The molecule has 0 aliphatic carbocycles. The first-order chi connectivity index (χ1) is 9.53. The van der Waals surface area contributed by atoms with E-state index in [-0.39, 0.29) is 18.3 Å². The van der Waals surface area contributed by atoms with Gasteiger partial charge in [-0.15, -0.1) is 0 Å². The zero-order valence-corrected chi connectivity index (χ0v) is 12.5. The zero-order chi connectivity index (χ0) is 14.6. The molecular formula is C12H21N3O4S. The van der Waals surface area contributed by atoms with E-state index in [1.807, 2.05) is 6.92 Å². The van der Waals surface area contributed by atoms with Gasteiger partial charge in [-0.2, -0.15) is 0 Å². The lowest BCUT2D eigenvalue weighted by molar-refractivity contribution is 0.352. The number of aromatic nitrogens is 2. The average Bonchev–Trinajstić information content (AvgIpc) is 2.66. The van der Waals surface area contributed by atoms with Crippen LogP contribution in [0.15, 0.2) is 9.32 Å². The monoisotopic (exact) mass is 303 g/mol. The highest BCUT2D eigenvalue weighted by atomic mass is 32.2. The maximum Gasteiger partial charge on any atom is 0.441 e. The molecule has 0 amide bonds. The van der Waals surface area contributed by atoms with Gasteiger partial charge in [0.25, 0.3) is 0 Å². The molecule has 1 aliphatic rings. The number of nitrogens with zero attached hydrogens (tertiary/aromatic N) is 2. The summed E-state index contributed by atoms with van der Waals surface area (Å²) in [6.07, 6.45) is 4.81. The normalized spacial score (nSPS) is 19.6. The van der Waals surface area contributed by atoms with Crippen molar-refractivity contribution in [1.29, 1.82) is 0 Å². The van der Waals surface area contributed by atoms with Gasteiger partial charge < -0.3 is 0 Å². The molecule has 7 nitrogen and oxygen atoms in total. The van der Waals surface area contributed by atoms with Crippen LogP contribution in [-0.4, -0.2) is 30.4 Å². The minimum Gasteiger partial charge on any atom is -0.296 e. The predicted octanol–water partition coefficient (Wildman–Crippen LogP) is 0.823. The molecule has 1 unspecified atom stereocenters. The Morgan fingerprint density at radius 2 is 2.25 bits per heavy atom. The third-order valence-electron chi connectivity index (χ3n) is 3.56. The number of sulfonamides is 1. The fraction of sp³-hybridized carbons (Fsp3) is 0.833. The molecule has 0 aromatic carbocycles. The van der Waals surface area contributed by atoms with E-state index in [0.29, 0.717) is 18.7 Å². The van der Waals surface area contributed by atoms with Crippen LogP contribution in [0.1, 0.15) is 50.9 Å². The van der Waals surface area contributed by atoms with Crippen molar-refractivity contribution in [2.24, 2.45) is 0 Å². The Bertz CT molecular complexity index is 590. The summed E-state index contributed by atoms with van der Waals surface area (Å²) in [6, 6.07) is -0.206. The molecule has 1 atom stereocenters. The highest BCUT2D eigenvalue weighted by molar-refractivity contribution is 7.89. The maximum atomic E-state index is 11.8. The molecule has 114 valence electrons. The second-order valence-corrected chi connectivity index (χ2v) is 7.08. The lowest BCUT2D eigenvalue weighted by atomic mass is 10.1. The molecule has 0 fully saturated rings. The second-order valence-electron chi connectivity index (χ2n) is 5.16. The Labute approximate surface area is 118 Å². The second kappa shape index (κ2) is 6.53. The van der Waals surface area contributed by atoms with Gasteiger partial charge in [0.2, 0.25) is 10.0 Å². The van der Waals surface area contributed by atoms with Crippen molar-refractivity contribution < 1.29 is 12.9 Å². The fourth-order valence-electron chi connectivity index (χ4n) is 2.43. The first-order valence-corrected chi connectivity index (χ1v) is 8.73. The average molecular weight is 303 g/mol. The van der Waals surface area contributed by atoms with E-state index < -0.39 is 15.8 Å². The zero-order valence-electron chi connectivity index (χ0n) is 11.7. The van der Waals surface area contributed by atoms with Gasteiger partial charge in [-0.3, -0.25) is 9.09 Å². The van der Waals surface area contributed by atoms with Gasteiger partial charge in [-0.05, 0) is 19.3 Å². The van der Waals surface area contributed by atoms with Crippen LogP contribution in [0.5, 0.6) is 0 Å². The molecule has 1 aliphatic heterocycles. The number of fused-ring (bicyclic) bond motifs is 1. The molecule has 1 aromatic heterocycles. The minimum absolute atomic E-state index is 0.127. The summed E-state index contributed by atoms with van der Waals surface area (Å²) in [5.74, 6) is 0.242. The van der Waals surface area contributed by atoms with E-state index in [4.69, 9.17) is 0 Å². The lowest BCUT2D eigenvalue weighted by Gasteiger charge is -2.16. The molecule has 1 aromatic rings. The van der Waals surface area contributed by atoms with Crippen molar-refractivity contribution in [1.82, 2.24) is 14.4 Å². The smallest absolute Gasteiger partial charge is 0.296 e. The van der Waals surface area contributed by atoms with E-state index in [1.165, 1.54) is 4.57 Å². The summed E-state index contributed by atoms with van der Waals surface area (Å²) in [7, 11) is -3.27. The Morgan fingerprint density at radius 3 is 3.00 bits per heavy atom. The summed E-state index contributed by atoms with van der Waals surface area (Å²) < 4.78 is 32.4. The fourth-order valence-corrected chi connectivity index (χ4v) is 3.69. The van der Waals surface area contributed by atoms with Gasteiger partial charge in [0.05, 0.1) is 11.8 Å². The lowest BCUT2D eigenvalue weighted by Crippen LogP contribution is -2.35. The summed E-state index contributed by atoms with van der Waals surface area (Å²) in [4.78, 5) is 11.7. The third-order valence-corrected chi connectivity index (χ3v) is 4.99. The molecular weight excluding hydrogens is 282 g/mol. The van der Waals surface area contributed by atoms with Gasteiger partial charge in [0, 0.05) is 13.0 Å². The first-order valence-electron chi connectivity index (χ1n) is 7.08. The Morgan fingerprint density at radius 1 is 1.45 bits per heavy atom. The van der Waals surface area contributed by atoms with E-state index in [0.717, 1.165) is 25.7 Å². The van der Waals surface area contributed by atoms with Crippen molar-refractivity contribution in [3.8, 4) is 0 Å². The number of aryl methyl sites for hydroxylation is 1. The standard InChI is InChI=1S/C12H21N3O4S/c1-2-3-8-20(17,18)13-9-10-6-4-5-7-11-14-19-12(16)15(10)11/h10,13H,2-9H2,1H3. The molecule has 8 heteroatoms. The van der Waals surface area contributed by atoms with Crippen LogP contribution < -0.4 is 10.5 Å². The summed E-state index contributed by atoms with van der Waals surface area (Å²) in [5.41, 5.74) is 0. The van der Waals surface area contributed by atoms with Crippen molar-refractivity contribution in [3.63, 3.8) is 0 Å². The van der Waals surface area contributed by atoms with Gasteiger partial charge in [-0.1, -0.05) is 24.9 Å². The summed E-state index contributed by atoms with van der Waals surface area (Å²) >= 11 is 0. The Balaban J connectivity index is 2.06. The number of nitrogens with one attached hydrogen (secondary N) is 1. The molecule has 0 saturated carbocycles. The molecule has 2 heterocycles. The van der Waals surface area contributed by atoms with Gasteiger partial charge in [0.1, 0.15) is 0 Å². The molecule has 20 heavy (non-hydrogen) atoms. The number of unbranched alkanes of at least 4 members (excludes halogenated alkanes) is 1. The molecule has 0 spiro atoms. The predicted molar refractivity (Wildman–Crippen MR) is 74.1 cm³/mol. The van der Waals surface area contributed by atoms with Crippen LogP contribution in [0, 0.1) is 0 Å². The number of rotatable bonds is 6. The van der Waals surface area contributed by atoms with Crippen molar-refractivity contribution >= 4 is 10.0 Å². The number of hydrogen-bond donors (Lipinski definition) is 1. The van der Waals surface area contributed by atoms with Crippen LogP contribution >= 0.6 is 0 Å². The van der Waals surface area contributed by atoms with Crippen LogP contribution in [0.25, 0.3) is 0 Å². The first kappa shape index (κ1) is 15.2. The van der Waals surface area contributed by atoms with Gasteiger partial charge >= 0.3 is 5.76 Å². The van der Waals surface area contributed by atoms with Gasteiger partial charge in [0.15, 0.2) is 5.82 Å². The van der Waals surface area contributed by atoms with Crippen LogP contribution in [0.3, 0.4) is 0 Å². The third kappa shape index (κ3) is 3.69. The van der Waals surface area contributed by atoms with E-state index >= 15 is 0 Å². The molecule has 1 N–H and O–H groups in total. The van der Waals surface area contributed by atoms with E-state index in [9.17, 15) is 13.2 Å². The minimum atomic E-state index is -3.27. The Hall–Kier alpha value is -1.15. The van der Waals surface area contributed by atoms with E-state index in [2.05, 4.69) is 14.4 Å². The molecule has 0 radical (unpaired) electrons.